The number of aromatic amines is 1. The molecule has 0 saturated heterocycles. The Morgan fingerprint density at radius 3 is 2.93 bits per heavy atom. The van der Waals surface area contributed by atoms with Crippen molar-refractivity contribution in [3.8, 4) is 0 Å². The number of aryl methyl sites for hydroxylation is 1. The van der Waals surface area contributed by atoms with Crippen LogP contribution in [-0.2, 0) is 0 Å². The van der Waals surface area contributed by atoms with Gasteiger partial charge in [-0.3, -0.25) is 0 Å². The van der Waals surface area contributed by atoms with E-state index in [0.29, 0.717) is 16.1 Å². The molecule has 0 atom stereocenters. The van der Waals surface area contributed by atoms with Gasteiger partial charge in [-0.2, -0.15) is 0 Å². The van der Waals surface area contributed by atoms with Crippen molar-refractivity contribution in [3.63, 3.8) is 0 Å². The zero-order chi connectivity index (χ0) is 10.3. The van der Waals surface area contributed by atoms with E-state index >= 15 is 0 Å². The maximum atomic E-state index is 10.6. The quantitative estimate of drug-likeness (QED) is 0.759. The molecule has 5 heteroatoms. The molecule has 2 N–H and O–H groups in total. The predicted molar refractivity (Wildman–Crippen MR) is 52.8 cm³/mol. The molecule has 1 aromatic carbocycles. The normalized spacial score (nSPS) is 10.7. The predicted octanol–water partition coefficient (Wildman–Crippen LogP) is 2.22. The second-order valence-corrected chi connectivity index (χ2v) is 3.44. The van der Waals surface area contributed by atoms with Gasteiger partial charge in [0.25, 0.3) is 0 Å². The molecular formula is C9H7ClN2O2. The van der Waals surface area contributed by atoms with Gasteiger partial charge in [0.15, 0.2) is 0 Å². The highest BCUT2D eigenvalue weighted by atomic mass is 35.5. The SMILES string of the molecule is Cc1cc(Cl)c2nc(C(=O)O)[nH]c2c1. The van der Waals surface area contributed by atoms with Crippen molar-refractivity contribution < 1.29 is 9.90 Å². The molecule has 14 heavy (non-hydrogen) atoms. The number of hydrogen-bond acceptors (Lipinski definition) is 2. The van der Waals surface area contributed by atoms with Crippen LogP contribution in [0.1, 0.15) is 16.2 Å². The summed E-state index contributed by atoms with van der Waals surface area (Å²) in [4.78, 5) is 17.2. The lowest BCUT2D eigenvalue weighted by Gasteiger charge is -1.94. The van der Waals surface area contributed by atoms with E-state index in [1.54, 1.807) is 12.1 Å². The van der Waals surface area contributed by atoms with Crippen molar-refractivity contribution in [2.24, 2.45) is 0 Å². The fourth-order valence-corrected chi connectivity index (χ4v) is 1.63. The molecule has 0 bridgehead atoms. The van der Waals surface area contributed by atoms with Crippen LogP contribution in [0, 0.1) is 6.92 Å². The van der Waals surface area contributed by atoms with Crippen molar-refractivity contribution in [1.82, 2.24) is 9.97 Å². The molecule has 4 nitrogen and oxygen atoms in total. The van der Waals surface area contributed by atoms with E-state index in [2.05, 4.69) is 9.97 Å². The largest absolute Gasteiger partial charge is 0.475 e. The molecule has 0 saturated carbocycles. The monoisotopic (exact) mass is 210 g/mol. The van der Waals surface area contributed by atoms with Crippen LogP contribution in [0.2, 0.25) is 5.02 Å². The van der Waals surface area contributed by atoms with Gasteiger partial charge in [0.1, 0.15) is 5.52 Å². The van der Waals surface area contributed by atoms with Crippen LogP contribution in [0.4, 0.5) is 0 Å². The fourth-order valence-electron chi connectivity index (χ4n) is 1.31. The number of benzene rings is 1. The van der Waals surface area contributed by atoms with Gasteiger partial charge in [0, 0.05) is 0 Å². The summed E-state index contributed by atoms with van der Waals surface area (Å²) in [6, 6.07) is 3.55. The number of halogens is 1. The maximum Gasteiger partial charge on any atom is 0.371 e. The summed E-state index contributed by atoms with van der Waals surface area (Å²) in [6.07, 6.45) is 0. The van der Waals surface area contributed by atoms with Crippen LogP contribution in [0.5, 0.6) is 0 Å². The lowest BCUT2D eigenvalue weighted by atomic mass is 10.2. The summed E-state index contributed by atoms with van der Waals surface area (Å²) in [5.41, 5.74) is 2.10. The molecule has 0 amide bonds. The molecule has 72 valence electrons. The second kappa shape index (κ2) is 2.99. The molecule has 0 fully saturated rings. The molecule has 2 aromatic rings. The lowest BCUT2D eigenvalue weighted by molar-refractivity contribution is 0.0685. The third kappa shape index (κ3) is 1.33. The Kier molecular flexibility index (Phi) is 1.93. The fraction of sp³-hybridized carbons (Fsp3) is 0.111. The molecule has 1 aromatic heterocycles. The number of rotatable bonds is 1. The van der Waals surface area contributed by atoms with Crippen LogP contribution >= 0.6 is 11.6 Å². The lowest BCUT2D eigenvalue weighted by Crippen LogP contribution is -1.97. The molecule has 0 radical (unpaired) electrons. The molecular weight excluding hydrogens is 204 g/mol. The summed E-state index contributed by atoms with van der Waals surface area (Å²) in [6.45, 7) is 1.88. The zero-order valence-electron chi connectivity index (χ0n) is 7.34. The van der Waals surface area contributed by atoms with Crippen molar-refractivity contribution in [3.05, 3.63) is 28.5 Å². The highest BCUT2D eigenvalue weighted by molar-refractivity contribution is 6.35. The first kappa shape index (κ1) is 9.02. The Labute approximate surface area is 84.5 Å². The molecule has 0 aliphatic carbocycles. The van der Waals surface area contributed by atoms with Gasteiger partial charge >= 0.3 is 5.97 Å². The van der Waals surface area contributed by atoms with Crippen molar-refractivity contribution in [2.75, 3.05) is 0 Å². The number of carbonyl (C=O) groups is 1. The summed E-state index contributed by atoms with van der Waals surface area (Å²) in [7, 11) is 0. The maximum absolute atomic E-state index is 10.6. The Morgan fingerprint density at radius 2 is 2.29 bits per heavy atom. The van der Waals surface area contributed by atoms with Gasteiger partial charge in [0.05, 0.1) is 10.5 Å². The number of carboxylic acid groups (broad SMARTS) is 1. The molecule has 0 aliphatic rings. The minimum atomic E-state index is -1.09. The minimum Gasteiger partial charge on any atom is -0.475 e. The van der Waals surface area contributed by atoms with E-state index in [-0.39, 0.29) is 5.82 Å². The van der Waals surface area contributed by atoms with Crippen LogP contribution < -0.4 is 0 Å². The van der Waals surface area contributed by atoms with Crippen LogP contribution in [0.25, 0.3) is 11.0 Å². The summed E-state index contributed by atoms with van der Waals surface area (Å²) >= 11 is 5.90. The molecule has 0 unspecified atom stereocenters. The highest BCUT2D eigenvalue weighted by Gasteiger charge is 2.11. The summed E-state index contributed by atoms with van der Waals surface area (Å²) in [5.74, 6) is -1.18. The molecule has 2 rings (SSSR count). The zero-order valence-corrected chi connectivity index (χ0v) is 8.09. The summed E-state index contributed by atoms with van der Waals surface area (Å²) in [5, 5.41) is 9.17. The van der Waals surface area contributed by atoms with Crippen LogP contribution in [0.15, 0.2) is 12.1 Å². The van der Waals surface area contributed by atoms with E-state index in [1.807, 2.05) is 6.92 Å². The number of aromatic nitrogens is 2. The van der Waals surface area contributed by atoms with Crippen molar-refractivity contribution in [2.45, 2.75) is 6.92 Å². The third-order valence-electron chi connectivity index (χ3n) is 1.89. The highest BCUT2D eigenvalue weighted by Crippen LogP contribution is 2.23. The van der Waals surface area contributed by atoms with Gasteiger partial charge in [-0.15, -0.1) is 0 Å². The third-order valence-corrected chi connectivity index (χ3v) is 2.18. The van der Waals surface area contributed by atoms with Crippen molar-refractivity contribution in [1.29, 1.82) is 0 Å². The number of aromatic carboxylic acids is 1. The van der Waals surface area contributed by atoms with E-state index in [1.165, 1.54) is 0 Å². The summed E-state index contributed by atoms with van der Waals surface area (Å²) < 4.78 is 0. The standard InChI is InChI=1S/C9H7ClN2O2/c1-4-2-5(10)7-6(3-4)11-8(12-7)9(13)14/h2-3H,1H3,(H,11,12)(H,13,14). The Bertz CT molecular complexity index is 519. The van der Waals surface area contributed by atoms with Gasteiger partial charge in [-0.05, 0) is 24.6 Å². The van der Waals surface area contributed by atoms with Gasteiger partial charge in [0.2, 0.25) is 5.82 Å². The van der Waals surface area contributed by atoms with Crippen LogP contribution in [-0.4, -0.2) is 21.0 Å². The molecule has 1 heterocycles. The Balaban J connectivity index is 2.76. The number of H-pyrrole nitrogens is 1. The van der Waals surface area contributed by atoms with Gasteiger partial charge < -0.3 is 10.1 Å². The Hall–Kier alpha value is -1.55. The Morgan fingerprint density at radius 1 is 1.57 bits per heavy atom. The molecule has 0 spiro atoms. The van der Waals surface area contributed by atoms with Crippen molar-refractivity contribution >= 4 is 28.6 Å². The number of nitrogens with zero attached hydrogens (tertiary/aromatic N) is 1. The first-order chi connectivity index (χ1) is 6.58. The number of imidazole rings is 1. The number of carboxylic acids is 1. The van der Waals surface area contributed by atoms with E-state index < -0.39 is 5.97 Å². The smallest absolute Gasteiger partial charge is 0.371 e. The van der Waals surface area contributed by atoms with E-state index in [4.69, 9.17) is 16.7 Å². The number of fused-ring (bicyclic) bond motifs is 1. The average molecular weight is 211 g/mol. The van der Waals surface area contributed by atoms with E-state index in [9.17, 15) is 4.79 Å². The second-order valence-electron chi connectivity index (χ2n) is 3.03. The number of hydrogen-bond donors (Lipinski definition) is 2. The minimum absolute atomic E-state index is 0.0903. The number of nitrogens with one attached hydrogen (secondary N) is 1. The van der Waals surface area contributed by atoms with E-state index in [0.717, 1.165) is 5.56 Å². The first-order valence-corrected chi connectivity index (χ1v) is 4.35. The topological polar surface area (TPSA) is 66.0 Å². The molecule has 0 aliphatic heterocycles. The van der Waals surface area contributed by atoms with Gasteiger partial charge in [-0.25, -0.2) is 9.78 Å². The first-order valence-electron chi connectivity index (χ1n) is 3.97. The average Bonchev–Trinajstić information content (AvgIpc) is 2.47. The van der Waals surface area contributed by atoms with Crippen LogP contribution in [0.3, 0.4) is 0 Å². The van der Waals surface area contributed by atoms with Gasteiger partial charge in [-0.1, -0.05) is 11.6 Å².